The van der Waals surface area contributed by atoms with Crippen LogP contribution in [-0.2, 0) is 19.6 Å². The molecule has 2 aromatic rings. The van der Waals surface area contributed by atoms with Gasteiger partial charge in [0.25, 0.3) is 0 Å². The van der Waals surface area contributed by atoms with Crippen molar-refractivity contribution in [3.8, 4) is 0 Å². The minimum Gasteiger partial charge on any atom is -0.333 e. The summed E-state index contributed by atoms with van der Waals surface area (Å²) in [7, 11) is 0. The highest BCUT2D eigenvalue weighted by atomic mass is 32.1. The molecule has 0 unspecified atom stereocenters. The predicted octanol–water partition coefficient (Wildman–Crippen LogP) is 2.31. The third-order valence-corrected chi connectivity index (χ3v) is 5.16. The van der Waals surface area contributed by atoms with Crippen LogP contribution < -0.4 is 0 Å². The molecule has 5 nitrogen and oxygen atoms in total. The molecule has 120 valence electrons. The lowest BCUT2D eigenvalue weighted by molar-refractivity contribution is 0.174. The van der Waals surface area contributed by atoms with Gasteiger partial charge >= 0.3 is 0 Å². The number of nitrogens with zero attached hydrogens (tertiary/aromatic N) is 5. The normalized spacial score (nSPS) is 19.3. The van der Waals surface area contributed by atoms with Crippen LogP contribution in [0.3, 0.4) is 0 Å². The van der Waals surface area contributed by atoms with Crippen LogP contribution >= 0.6 is 11.3 Å². The summed E-state index contributed by atoms with van der Waals surface area (Å²) in [6.07, 6.45) is 5.94. The van der Waals surface area contributed by atoms with Crippen molar-refractivity contribution in [3.63, 3.8) is 0 Å². The van der Waals surface area contributed by atoms with E-state index in [4.69, 9.17) is 0 Å². The maximum Gasteiger partial charge on any atom is 0.122 e. The molecular weight excluding hydrogens is 294 g/mol. The number of hydrogen-bond donors (Lipinski definition) is 0. The Balaban J connectivity index is 1.73. The van der Waals surface area contributed by atoms with Crippen LogP contribution in [0.2, 0.25) is 0 Å². The summed E-state index contributed by atoms with van der Waals surface area (Å²) >= 11 is 1.74. The van der Waals surface area contributed by atoms with E-state index in [0.717, 1.165) is 45.8 Å². The van der Waals surface area contributed by atoms with E-state index in [-0.39, 0.29) is 0 Å². The lowest BCUT2D eigenvalue weighted by Crippen LogP contribution is -2.36. The van der Waals surface area contributed by atoms with Gasteiger partial charge in [0.2, 0.25) is 0 Å². The van der Waals surface area contributed by atoms with Gasteiger partial charge in [-0.1, -0.05) is 13.8 Å². The fourth-order valence-corrected chi connectivity index (χ4v) is 3.89. The standard InChI is InChI=1S/C16H25N5S/c1-3-19(4-2)9-14-10-20(13-16-18-6-8-22-16)12-15-17-5-7-21(15)11-14/h5-8,14H,3-4,9-13H2,1-2H3/t14-/m1/s1. The van der Waals surface area contributed by atoms with Gasteiger partial charge in [0.15, 0.2) is 0 Å². The highest BCUT2D eigenvalue weighted by Crippen LogP contribution is 2.19. The van der Waals surface area contributed by atoms with E-state index in [2.05, 4.69) is 49.8 Å². The Hall–Kier alpha value is -1.24. The molecule has 0 aliphatic carbocycles. The molecule has 1 aliphatic heterocycles. The number of thiazole rings is 1. The van der Waals surface area contributed by atoms with Crippen LogP contribution in [0.4, 0.5) is 0 Å². The SMILES string of the molecule is CCN(CC)C[C@@H]1CN(Cc2nccs2)Cc2nccn2C1. The second-order valence-electron chi connectivity index (χ2n) is 5.94. The lowest BCUT2D eigenvalue weighted by atomic mass is 10.1. The van der Waals surface area contributed by atoms with Crippen LogP contribution in [0, 0.1) is 5.92 Å². The van der Waals surface area contributed by atoms with E-state index in [1.807, 2.05) is 12.4 Å². The Morgan fingerprint density at radius 1 is 1.23 bits per heavy atom. The van der Waals surface area contributed by atoms with Gasteiger partial charge in [0, 0.05) is 49.5 Å². The average molecular weight is 319 g/mol. The molecule has 0 amide bonds. The van der Waals surface area contributed by atoms with Crippen LogP contribution in [0.5, 0.6) is 0 Å². The Morgan fingerprint density at radius 3 is 2.82 bits per heavy atom. The monoisotopic (exact) mass is 319 g/mol. The molecule has 0 spiro atoms. The van der Waals surface area contributed by atoms with Crippen LogP contribution in [0.1, 0.15) is 24.7 Å². The zero-order valence-electron chi connectivity index (χ0n) is 13.5. The van der Waals surface area contributed by atoms with E-state index < -0.39 is 0 Å². The van der Waals surface area contributed by atoms with Crippen molar-refractivity contribution in [2.24, 2.45) is 5.92 Å². The molecule has 0 radical (unpaired) electrons. The molecule has 1 aliphatic rings. The lowest BCUT2D eigenvalue weighted by Gasteiger charge is -2.27. The topological polar surface area (TPSA) is 37.2 Å². The van der Waals surface area contributed by atoms with Gasteiger partial charge in [-0.15, -0.1) is 11.3 Å². The molecule has 3 heterocycles. The Labute approximate surface area is 136 Å². The number of imidazole rings is 1. The van der Waals surface area contributed by atoms with E-state index in [1.165, 1.54) is 10.8 Å². The van der Waals surface area contributed by atoms with Crippen molar-refractivity contribution < 1.29 is 0 Å². The molecule has 0 aromatic carbocycles. The van der Waals surface area contributed by atoms with Crippen LogP contribution in [0.25, 0.3) is 0 Å². The van der Waals surface area contributed by atoms with Gasteiger partial charge in [-0.2, -0.15) is 0 Å². The number of aromatic nitrogens is 3. The predicted molar refractivity (Wildman–Crippen MR) is 89.7 cm³/mol. The average Bonchev–Trinajstić information content (AvgIpc) is 3.14. The van der Waals surface area contributed by atoms with Gasteiger partial charge in [0.1, 0.15) is 10.8 Å². The summed E-state index contributed by atoms with van der Waals surface area (Å²) in [5.74, 6) is 1.81. The molecule has 1 atom stereocenters. The van der Waals surface area contributed by atoms with Gasteiger partial charge in [-0.25, -0.2) is 9.97 Å². The quantitative estimate of drug-likeness (QED) is 0.819. The van der Waals surface area contributed by atoms with Crippen molar-refractivity contribution in [1.29, 1.82) is 0 Å². The van der Waals surface area contributed by atoms with Gasteiger partial charge < -0.3 is 9.47 Å². The highest BCUT2D eigenvalue weighted by molar-refractivity contribution is 7.09. The van der Waals surface area contributed by atoms with Gasteiger partial charge in [-0.05, 0) is 13.1 Å². The van der Waals surface area contributed by atoms with Crippen molar-refractivity contribution in [2.45, 2.75) is 33.5 Å². The first-order valence-electron chi connectivity index (χ1n) is 8.11. The zero-order valence-corrected chi connectivity index (χ0v) is 14.3. The number of hydrogen-bond acceptors (Lipinski definition) is 5. The second-order valence-corrected chi connectivity index (χ2v) is 6.92. The molecule has 0 fully saturated rings. The zero-order chi connectivity index (χ0) is 15.4. The molecule has 0 saturated heterocycles. The summed E-state index contributed by atoms with van der Waals surface area (Å²) in [5, 5.41) is 3.25. The van der Waals surface area contributed by atoms with Gasteiger partial charge in [0.05, 0.1) is 13.1 Å². The summed E-state index contributed by atoms with van der Waals surface area (Å²) in [5.41, 5.74) is 0. The molecule has 2 aromatic heterocycles. The first-order valence-corrected chi connectivity index (χ1v) is 8.99. The summed E-state index contributed by atoms with van der Waals surface area (Å²) in [6.45, 7) is 11.9. The highest BCUT2D eigenvalue weighted by Gasteiger charge is 2.24. The van der Waals surface area contributed by atoms with Crippen molar-refractivity contribution in [3.05, 3.63) is 34.8 Å². The van der Waals surface area contributed by atoms with E-state index in [0.29, 0.717) is 5.92 Å². The molecule has 6 heteroatoms. The number of fused-ring (bicyclic) bond motifs is 1. The first-order chi connectivity index (χ1) is 10.8. The summed E-state index contributed by atoms with van der Waals surface area (Å²) < 4.78 is 2.33. The van der Waals surface area contributed by atoms with Crippen LogP contribution in [-0.4, -0.2) is 50.5 Å². The third kappa shape index (κ3) is 3.74. The second kappa shape index (κ2) is 7.35. The van der Waals surface area contributed by atoms with E-state index in [1.54, 1.807) is 11.3 Å². The van der Waals surface area contributed by atoms with Crippen molar-refractivity contribution in [1.82, 2.24) is 24.3 Å². The fraction of sp³-hybridized carbons (Fsp3) is 0.625. The molecule has 0 saturated carbocycles. The molecule has 0 N–H and O–H groups in total. The van der Waals surface area contributed by atoms with Crippen molar-refractivity contribution >= 4 is 11.3 Å². The Morgan fingerprint density at radius 2 is 2.09 bits per heavy atom. The summed E-state index contributed by atoms with van der Waals surface area (Å²) in [6, 6.07) is 0. The van der Waals surface area contributed by atoms with Crippen LogP contribution in [0.15, 0.2) is 24.0 Å². The maximum atomic E-state index is 4.54. The minimum atomic E-state index is 0.635. The van der Waals surface area contributed by atoms with E-state index >= 15 is 0 Å². The molecule has 22 heavy (non-hydrogen) atoms. The third-order valence-electron chi connectivity index (χ3n) is 4.39. The summed E-state index contributed by atoms with van der Waals surface area (Å²) in [4.78, 5) is 14.0. The van der Waals surface area contributed by atoms with Crippen molar-refractivity contribution in [2.75, 3.05) is 26.2 Å². The fourth-order valence-electron chi connectivity index (χ4n) is 3.23. The Kier molecular flexibility index (Phi) is 5.23. The molecular formula is C16H25N5S. The molecule has 0 bridgehead atoms. The molecule has 3 rings (SSSR count). The first kappa shape index (κ1) is 15.6. The maximum absolute atomic E-state index is 4.54. The van der Waals surface area contributed by atoms with Gasteiger partial charge in [-0.3, -0.25) is 4.90 Å². The minimum absolute atomic E-state index is 0.635. The largest absolute Gasteiger partial charge is 0.333 e. The smallest absolute Gasteiger partial charge is 0.122 e. The van der Waals surface area contributed by atoms with E-state index in [9.17, 15) is 0 Å². The Bertz CT molecular complexity index is 561. The number of rotatable bonds is 6.